The highest BCUT2D eigenvalue weighted by molar-refractivity contribution is 5.74. The van der Waals surface area contributed by atoms with Crippen LogP contribution in [-0.2, 0) is 9.53 Å². The molecular formula is C12H22O3. The molecule has 0 heterocycles. The number of hydrogen-bond donors (Lipinski definition) is 1. The number of carboxylic acids is 1. The van der Waals surface area contributed by atoms with Crippen molar-refractivity contribution in [3.63, 3.8) is 0 Å². The second-order valence-electron chi connectivity index (χ2n) is 4.60. The molecule has 1 aliphatic rings. The Balaban J connectivity index is 2.39. The third kappa shape index (κ3) is 3.49. The number of ether oxygens (including phenoxy) is 1. The van der Waals surface area contributed by atoms with Crippen molar-refractivity contribution in [1.29, 1.82) is 0 Å². The average Bonchev–Trinajstić information content (AvgIpc) is 2.26. The molecule has 0 amide bonds. The summed E-state index contributed by atoms with van der Waals surface area (Å²) >= 11 is 0. The SMILES string of the molecule is COCCCCC1(C(=O)O)CCCCC1. The van der Waals surface area contributed by atoms with Crippen LogP contribution in [0, 0.1) is 5.41 Å². The maximum absolute atomic E-state index is 11.3. The molecular weight excluding hydrogens is 192 g/mol. The molecule has 1 fully saturated rings. The Hall–Kier alpha value is -0.570. The minimum Gasteiger partial charge on any atom is -0.481 e. The van der Waals surface area contributed by atoms with Crippen LogP contribution < -0.4 is 0 Å². The van der Waals surface area contributed by atoms with Gasteiger partial charge in [-0.2, -0.15) is 0 Å². The van der Waals surface area contributed by atoms with Gasteiger partial charge in [0.25, 0.3) is 0 Å². The molecule has 3 nitrogen and oxygen atoms in total. The summed E-state index contributed by atoms with van der Waals surface area (Å²) in [6.07, 6.45) is 7.88. The van der Waals surface area contributed by atoms with E-state index in [2.05, 4.69) is 0 Å². The summed E-state index contributed by atoms with van der Waals surface area (Å²) in [5, 5.41) is 9.31. The number of methoxy groups -OCH3 is 1. The number of rotatable bonds is 6. The van der Waals surface area contributed by atoms with Crippen molar-refractivity contribution in [2.75, 3.05) is 13.7 Å². The molecule has 0 atom stereocenters. The second-order valence-corrected chi connectivity index (χ2v) is 4.60. The predicted molar refractivity (Wildman–Crippen MR) is 58.9 cm³/mol. The van der Waals surface area contributed by atoms with Gasteiger partial charge in [-0.3, -0.25) is 4.79 Å². The van der Waals surface area contributed by atoms with Crippen molar-refractivity contribution < 1.29 is 14.6 Å². The normalized spacial score (nSPS) is 20.1. The monoisotopic (exact) mass is 214 g/mol. The minimum atomic E-state index is -0.584. The zero-order valence-corrected chi connectivity index (χ0v) is 9.63. The lowest BCUT2D eigenvalue weighted by Gasteiger charge is -2.33. The van der Waals surface area contributed by atoms with Crippen molar-refractivity contribution in [1.82, 2.24) is 0 Å². The zero-order chi connectivity index (χ0) is 11.1. The minimum absolute atomic E-state index is 0.411. The van der Waals surface area contributed by atoms with Gasteiger partial charge in [0, 0.05) is 13.7 Å². The summed E-state index contributed by atoms with van der Waals surface area (Å²) in [5.74, 6) is -0.584. The third-order valence-electron chi connectivity index (χ3n) is 3.52. The molecule has 0 aromatic heterocycles. The van der Waals surface area contributed by atoms with Crippen LogP contribution >= 0.6 is 0 Å². The highest BCUT2D eigenvalue weighted by atomic mass is 16.5. The van der Waals surface area contributed by atoms with E-state index in [1.165, 1.54) is 6.42 Å². The van der Waals surface area contributed by atoms with E-state index < -0.39 is 11.4 Å². The van der Waals surface area contributed by atoms with Crippen LogP contribution in [0.25, 0.3) is 0 Å². The highest BCUT2D eigenvalue weighted by Crippen LogP contribution is 2.40. The topological polar surface area (TPSA) is 46.5 Å². The summed E-state index contributed by atoms with van der Waals surface area (Å²) in [7, 11) is 1.69. The Labute approximate surface area is 91.8 Å². The van der Waals surface area contributed by atoms with Gasteiger partial charge in [-0.25, -0.2) is 0 Å². The molecule has 1 N–H and O–H groups in total. The van der Waals surface area contributed by atoms with E-state index in [1.54, 1.807) is 7.11 Å². The van der Waals surface area contributed by atoms with Gasteiger partial charge in [0.15, 0.2) is 0 Å². The Morgan fingerprint density at radius 2 is 1.93 bits per heavy atom. The summed E-state index contributed by atoms with van der Waals surface area (Å²) in [5.41, 5.74) is -0.411. The lowest BCUT2D eigenvalue weighted by atomic mass is 9.71. The fraction of sp³-hybridized carbons (Fsp3) is 0.917. The number of carbonyl (C=O) groups is 1. The number of aliphatic carboxylic acids is 1. The van der Waals surface area contributed by atoms with Gasteiger partial charge in [-0.15, -0.1) is 0 Å². The molecule has 0 bridgehead atoms. The fourth-order valence-electron chi connectivity index (χ4n) is 2.51. The van der Waals surface area contributed by atoms with Gasteiger partial charge >= 0.3 is 5.97 Å². The largest absolute Gasteiger partial charge is 0.481 e. The van der Waals surface area contributed by atoms with Gasteiger partial charge in [0.05, 0.1) is 5.41 Å². The summed E-state index contributed by atoms with van der Waals surface area (Å²) < 4.78 is 4.98. The maximum atomic E-state index is 11.3. The van der Waals surface area contributed by atoms with Crippen LogP contribution in [-0.4, -0.2) is 24.8 Å². The average molecular weight is 214 g/mol. The Morgan fingerprint density at radius 1 is 1.27 bits per heavy atom. The molecule has 1 rings (SSSR count). The van der Waals surface area contributed by atoms with Crippen LogP contribution in [0.15, 0.2) is 0 Å². The molecule has 0 radical (unpaired) electrons. The van der Waals surface area contributed by atoms with Gasteiger partial charge in [-0.1, -0.05) is 25.7 Å². The van der Waals surface area contributed by atoms with E-state index in [1.807, 2.05) is 0 Å². The number of carboxylic acid groups (broad SMARTS) is 1. The van der Waals surface area contributed by atoms with Crippen molar-refractivity contribution in [2.45, 2.75) is 51.4 Å². The number of unbranched alkanes of at least 4 members (excludes halogenated alkanes) is 1. The number of hydrogen-bond acceptors (Lipinski definition) is 2. The van der Waals surface area contributed by atoms with E-state index in [0.717, 1.165) is 51.6 Å². The van der Waals surface area contributed by atoms with E-state index >= 15 is 0 Å². The molecule has 88 valence electrons. The van der Waals surface area contributed by atoms with E-state index in [0.29, 0.717) is 0 Å². The molecule has 0 unspecified atom stereocenters. The van der Waals surface area contributed by atoms with Crippen molar-refractivity contribution >= 4 is 5.97 Å². The van der Waals surface area contributed by atoms with Gasteiger partial charge in [0.2, 0.25) is 0 Å². The predicted octanol–water partition coefficient (Wildman–Crippen LogP) is 2.84. The standard InChI is InChI=1S/C12H22O3/c1-15-10-6-5-9-12(11(13)14)7-3-2-4-8-12/h2-10H2,1H3,(H,13,14). The molecule has 0 spiro atoms. The van der Waals surface area contributed by atoms with Crippen molar-refractivity contribution in [2.24, 2.45) is 5.41 Å². The lowest BCUT2D eigenvalue weighted by Crippen LogP contribution is -2.33. The maximum Gasteiger partial charge on any atom is 0.309 e. The van der Waals surface area contributed by atoms with Crippen LogP contribution in [0.4, 0.5) is 0 Å². The van der Waals surface area contributed by atoms with Crippen LogP contribution in [0.1, 0.15) is 51.4 Å². The molecule has 0 aliphatic heterocycles. The molecule has 1 aliphatic carbocycles. The smallest absolute Gasteiger partial charge is 0.309 e. The van der Waals surface area contributed by atoms with Gasteiger partial charge in [-0.05, 0) is 25.7 Å². The first kappa shape index (κ1) is 12.5. The van der Waals surface area contributed by atoms with Gasteiger partial charge < -0.3 is 9.84 Å². The molecule has 15 heavy (non-hydrogen) atoms. The second kappa shape index (κ2) is 6.11. The van der Waals surface area contributed by atoms with Crippen LogP contribution in [0.3, 0.4) is 0 Å². The zero-order valence-electron chi connectivity index (χ0n) is 9.63. The van der Waals surface area contributed by atoms with Crippen molar-refractivity contribution in [3.05, 3.63) is 0 Å². The summed E-state index contributed by atoms with van der Waals surface area (Å²) in [4.78, 5) is 11.3. The first-order chi connectivity index (χ1) is 7.21. The molecule has 1 saturated carbocycles. The highest BCUT2D eigenvalue weighted by Gasteiger charge is 2.38. The van der Waals surface area contributed by atoms with Gasteiger partial charge in [0.1, 0.15) is 0 Å². The molecule has 3 heteroatoms. The van der Waals surface area contributed by atoms with E-state index in [-0.39, 0.29) is 0 Å². The van der Waals surface area contributed by atoms with Crippen molar-refractivity contribution in [3.8, 4) is 0 Å². The summed E-state index contributed by atoms with van der Waals surface area (Å²) in [6.45, 7) is 0.746. The van der Waals surface area contributed by atoms with E-state index in [9.17, 15) is 9.90 Å². The molecule has 0 saturated heterocycles. The third-order valence-corrected chi connectivity index (χ3v) is 3.52. The molecule has 0 aromatic rings. The Morgan fingerprint density at radius 3 is 2.47 bits per heavy atom. The van der Waals surface area contributed by atoms with Crippen LogP contribution in [0.5, 0.6) is 0 Å². The van der Waals surface area contributed by atoms with E-state index in [4.69, 9.17) is 4.74 Å². The lowest BCUT2D eigenvalue weighted by molar-refractivity contribution is -0.151. The molecule has 0 aromatic carbocycles. The summed E-state index contributed by atoms with van der Waals surface area (Å²) in [6, 6.07) is 0. The Kier molecular flexibility index (Phi) is 5.09. The first-order valence-corrected chi connectivity index (χ1v) is 5.94. The quantitative estimate of drug-likeness (QED) is 0.691. The fourth-order valence-corrected chi connectivity index (χ4v) is 2.51. The Bertz CT molecular complexity index is 195. The first-order valence-electron chi connectivity index (χ1n) is 5.94. The van der Waals surface area contributed by atoms with Crippen LogP contribution in [0.2, 0.25) is 0 Å².